The van der Waals surface area contributed by atoms with Gasteiger partial charge in [0, 0.05) is 18.8 Å². The third-order valence-electron chi connectivity index (χ3n) is 4.28. The van der Waals surface area contributed by atoms with Gasteiger partial charge in [-0.15, -0.1) is 0 Å². The molecule has 7 heteroatoms. The highest BCUT2D eigenvalue weighted by Crippen LogP contribution is 2.40. The molecule has 26 heavy (non-hydrogen) atoms. The number of allylic oxidation sites excluding steroid dienone is 1. The predicted molar refractivity (Wildman–Crippen MR) is 104 cm³/mol. The summed E-state index contributed by atoms with van der Waals surface area (Å²) in [4.78, 5) is 15.0. The van der Waals surface area contributed by atoms with E-state index in [1.165, 1.54) is 0 Å². The summed E-state index contributed by atoms with van der Waals surface area (Å²) in [6, 6.07) is 6.81. The van der Waals surface area contributed by atoms with Crippen LogP contribution in [0.3, 0.4) is 0 Å². The first kappa shape index (κ1) is 18.8. The second kappa shape index (κ2) is 6.63. The van der Waals surface area contributed by atoms with E-state index in [2.05, 4.69) is 5.10 Å². The van der Waals surface area contributed by atoms with Gasteiger partial charge in [0.1, 0.15) is 17.5 Å². The van der Waals surface area contributed by atoms with E-state index in [1.54, 1.807) is 23.0 Å². The molecule has 0 saturated carbocycles. The van der Waals surface area contributed by atoms with E-state index in [-0.39, 0.29) is 5.97 Å². The summed E-state index contributed by atoms with van der Waals surface area (Å²) in [6.45, 7) is 7.45. The van der Waals surface area contributed by atoms with E-state index in [9.17, 15) is 4.79 Å². The maximum atomic E-state index is 13.0. The Bertz CT molecular complexity index is 896. The molecule has 0 fully saturated rings. The summed E-state index contributed by atoms with van der Waals surface area (Å²) >= 11 is 12.3. The van der Waals surface area contributed by atoms with Crippen molar-refractivity contribution in [3.8, 4) is 0 Å². The summed E-state index contributed by atoms with van der Waals surface area (Å²) in [6.07, 6.45) is 1.71. The molecule has 1 atom stereocenters. The number of halogens is 2. The molecule has 0 radical (unpaired) electrons. The summed E-state index contributed by atoms with van der Waals surface area (Å²) in [7, 11) is 1.90. The first-order valence-electron chi connectivity index (χ1n) is 8.26. The number of anilines is 1. The van der Waals surface area contributed by atoms with Crippen molar-refractivity contribution in [1.29, 1.82) is 0 Å². The fourth-order valence-corrected chi connectivity index (χ4v) is 3.33. The van der Waals surface area contributed by atoms with Crippen molar-refractivity contribution in [1.82, 2.24) is 9.78 Å². The molecule has 0 amide bonds. The lowest BCUT2D eigenvalue weighted by Crippen LogP contribution is -2.36. The lowest BCUT2D eigenvalue weighted by molar-refractivity contribution is -0.150. The highest BCUT2D eigenvalue weighted by Gasteiger charge is 2.37. The SMILES string of the molecule is CC1=C(C(=O)OC(C)(C)C)C(c2ccc(Cl)c(Cl)c2)n2nccc2N1C. The zero-order chi connectivity index (χ0) is 19.2. The Morgan fingerprint density at radius 2 is 1.88 bits per heavy atom. The van der Waals surface area contributed by atoms with Crippen LogP contribution >= 0.6 is 23.2 Å². The van der Waals surface area contributed by atoms with Crippen molar-refractivity contribution >= 4 is 35.0 Å². The average molecular weight is 394 g/mol. The lowest BCUT2D eigenvalue weighted by atomic mass is 9.95. The quantitative estimate of drug-likeness (QED) is 0.684. The highest BCUT2D eigenvalue weighted by atomic mass is 35.5. The maximum absolute atomic E-state index is 13.0. The molecule has 3 rings (SSSR count). The van der Waals surface area contributed by atoms with Crippen LogP contribution in [0.2, 0.25) is 10.0 Å². The molecule has 0 aliphatic carbocycles. The molecular formula is C19H21Cl2N3O2. The molecule has 1 aliphatic rings. The van der Waals surface area contributed by atoms with Gasteiger partial charge in [0.25, 0.3) is 0 Å². The maximum Gasteiger partial charge on any atom is 0.338 e. The molecular weight excluding hydrogens is 373 g/mol. The minimum atomic E-state index is -0.602. The second-order valence-electron chi connectivity index (χ2n) is 7.27. The van der Waals surface area contributed by atoms with Crippen molar-refractivity contribution in [3.63, 3.8) is 0 Å². The number of hydrogen-bond acceptors (Lipinski definition) is 4. The van der Waals surface area contributed by atoms with Crippen LogP contribution in [0, 0.1) is 0 Å². The number of benzene rings is 1. The Labute approximate surface area is 163 Å². The van der Waals surface area contributed by atoms with Gasteiger partial charge in [0.15, 0.2) is 0 Å². The number of hydrogen-bond donors (Lipinski definition) is 0. The van der Waals surface area contributed by atoms with Gasteiger partial charge < -0.3 is 9.64 Å². The van der Waals surface area contributed by atoms with Gasteiger partial charge in [-0.2, -0.15) is 5.10 Å². The molecule has 1 aromatic heterocycles. The largest absolute Gasteiger partial charge is 0.456 e. The van der Waals surface area contributed by atoms with E-state index in [0.717, 1.165) is 17.1 Å². The van der Waals surface area contributed by atoms with Gasteiger partial charge >= 0.3 is 5.97 Å². The Balaban J connectivity index is 2.18. The van der Waals surface area contributed by atoms with Crippen molar-refractivity contribution in [2.24, 2.45) is 0 Å². The van der Waals surface area contributed by atoms with Crippen LogP contribution in [-0.4, -0.2) is 28.4 Å². The van der Waals surface area contributed by atoms with Crippen LogP contribution in [0.25, 0.3) is 0 Å². The van der Waals surface area contributed by atoms with Crippen LogP contribution in [0.1, 0.15) is 39.3 Å². The number of aromatic nitrogens is 2. The van der Waals surface area contributed by atoms with Crippen molar-refractivity contribution in [2.45, 2.75) is 39.3 Å². The summed E-state index contributed by atoms with van der Waals surface area (Å²) in [5.74, 6) is 0.505. The predicted octanol–water partition coefficient (Wildman–Crippen LogP) is 4.84. The van der Waals surface area contributed by atoms with Gasteiger partial charge in [-0.05, 0) is 45.4 Å². The van der Waals surface area contributed by atoms with Crippen LogP contribution in [0.5, 0.6) is 0 Å². The van der Waals surface area contributed by atoms with Gasteiger partial charge in [0.05, 0.1) is 21.8 Å². The van der Waals surface area contributed by atoms with Crippen LogP contribution < -0.4 is 4.90 Å². The fourth-order valence-electron chi connectivity index (χ4n) is 3.03. The minimum Gasteiger partial charge on any atom is -0.456 e. The lowest BCUT2D eigenvalue weighted by Gasteiger charge is -2.35. The number of esters is 1. The molecule has 5 nitrogen and oxygen atoms in total. The molecule has 2 heterocycles. The van der Waals surface area contributed by atoms with Crippen molar-refractivity contribution in [2.75, 3.05) is 11.9 Å². The molecule has 0 saturated heterocycles. The van der Waals surface area contributed by atoms with Gasteiger partial charge in [-0.3, -0.25) is 0 Å². The third kappa shape index (κ3) is 3.33. The minimum absolute atomic E-state index is 0.376. The van der Waals surface area contributed by atoms with Gasteiger partial charge in [0.2, 0.25) is 0 Å². The topological polar surface area (TPSA) is 47.4 Å². The number of ether oxygens (including phenoxy) is 1. The highest BCUT2D eigenvalue weighted by molar-refractivity contribution is 6.42. The Kier molecular flexibility index (Phi) is 4.80. The zero-order valence-electron chi connectivity index (χ0n) is 15.4. The Morgan fingerprint density at radius 3 is 2.50 bits per heavy atom. The number of nitrogens with zero attached hydrogens (tertiary/aromatic N) is 3. The standard InChI is InChI=1S/C19H21Cl2N3O2/c1-11-16(18(25)26-19(2,3)4)17(12-6-7-13(20)14(21)10-12)24-15(23(11)5)8-9-22-24/h6-10,17H,1-5H3. The monoisotopic (exact) mass is 393 g/mol. The van der Waals surface area contributed by atoms with E-state index in [4.69, 9.17) is 27.9 Å². The molecule has 1 aromatic carbocycles. The van der Waals surface area contributed by atoms with Gasteiger partial charge in [-0.1, -0.05) is 29.3 Å². The fraction of sp³-hybridized carbons (Fsp3) is 0.368. The summed E-state index contributed by atoms with van der Waals surface area (Å²) in [5.41, 5.74) is 1.55. The van der Waals surface area contributed by atoms with Gasteiger partial charge in [-0.25, -0.2) is 9.48 Å². The first-order chi connectivity index (χ1) is 12.1. The second-order valence-corrected chi connectivity index (χ2v) is 8.08. The third-order valence-corrected chi connectivity index (χ3v) is 5.02. The molecule has 0 bridgehead atoms. The Hall–Kier alpha value is -1.98. The average Bonchev–Trinajstić information content (AvgIpc) is 3.01. The smallest absolute Gasteiger partial charge is 0.338 e. The van der Waals surface area contributed by atoms with E-state index >= 15 is 0 Å². The first-order valence-corrected chi connectivity index (χ1v) is 9.02. The molecule has 1 unspecified atom stereocenters. The normalized spacial score (nSPS) is 17.3. The molecule has 1 aliphatic heterocycles. The van der Waals surface area contributed by atoms with Crippen LogP contribution in [-0.2, 0) is 9.53 Å². The molecule has 2 aromatic rings. The van der Waals surface area contributed by atoms with Crippen molar-refractivity contribution in [3.05, 3.63) is 57.3 Å². The number of carbonyl (C=O) groups is 1. The Morgan fingerprint density at radius 1 is 1.19 bits per heavy atom. The van der Waals surface area contributed by atoms with E-state index < -0.39 is 11.6 Å². The van der Waals surface area contributed by atoms with Crippen LogP contribution in [0.15, 0.2) is 41.7 Å². The zero-order valence-corrected chi connectivity index (χ0v) is 16.9. The van der Waals surface area contributed by atoms with E-state index in [0.29, 0.717) is 15.6 Å². The molecule has 0 N–H and O–H groups in total. The van der Waals surface area contributed by atoms with E-state index in [1.807, 2.05) is 51.8 Å². The number of fused-ring (bicyclic) bond motifs is 1. The summed E-state index contributed by atoms with van der Waals surface area (Å²) in [5, 5.41) is 5.33. The number of rotatable bonds is 2. The number of carbonyl (C=O) groups excluding carboxylic acids is 1. The molecule has 138 valence electrons. The van der Waals surface area contributed by atoms with Crippen molar-refractivity contribution < 1.29 is 9.53 Å². The summed E-state index contributed by atoms with van der Waals surface area (Å²) < 4.78 is 7.47. The van der Waals surface area contributed by atoms with Crippen LogP contribution in [0.4, 0.5) is 5.82 Å². The molecule has 0 spiro atoms.